The van der Waals surface area contributed by atoms with Crippen LogP contribution in [0.1, 0.15) is 43.0 Å². The molecule has 2 aromatic rings. The largest absolute Gasteiger partial charge is 0.391 e. The molecule has 2 aliphatic carbocycles. The van der Waals surface area contributed by atoms with Gasteiger partial charge in [-0.2, -0.15) is 0 Å². The average Bonchev–Trinajstić information content (AvgIpc) is 2.97. The third-order valence-electron chi connectivity index (χ3n) is 7.31. The Morgan fingerprint density at radius 3 is 2.29 bits per heavy atom. The fourth-order valence-corrected chi connectivity index (χ4v) is 7.89. The first kappa shape index (κ1) is 26.0. The first-order chi connectivity index (χ1) is 16.4. The summed E-state index contributed by atoms with van der Waals surface area (Å²) in [6, 6.07) is 6.57. The van der Waals surface area contributed by atoms with Gasteiger partial charge < -0.3 is 20.6 Å². The topological polar surface area (TPSA) is 124 Å². The number of aliphatic hydroxyl groups is 3. The Kier molecular flexibility index (Phi) is 6.98. The van der Waals surface area contributed by atoms with Crippen LogP contribution in [0.4, 0.5) is 14.5 Å². The summed E-state index contributed by atoms with van der Waals surface area (Å²) < 4.78 is 53.7. The number of amides is 1. The van der Waals surface area contributed by atoms with E-state index in [1.54, 1.807) is 0 Å². The van der Waals surface area contributed by atoms with Gasteiger partial charge >= 0.3 is 0 Å². The van der Waals surface area contributed by atoms with Gasteiger partial charge in [0.05, 0.1) is 26.9 Å². The smallest absolute Gasteiger partial charge is 0.255 e. The summed E-state index contributed by atoms with van der Waals surface area (Å²) in [6.07, 6.45) is -1.39. The standard InChI is InChI=1S/C24H26ClF2NO6S/c1-12(29)22(30)24(32)14-3-4-15(24)10-17(9-14)35(33,34)21-8-13(2-6-18(21)25)23(31)28-16-5-7-19(26)20(27)11-16/h2,5-8,11-12,14-15,17,22,29-30,32H,3-4,9-10H2,1H3,(H,28,31)/t12-,14+,15?,17?,22+,24?/m1/s1. The van der Waals surface area contributed by atoms with Crippen LogP contribution >= 0.6 is 11.6 Å². The highest BCUT2D eigenvalue weighted by atomic mass is 35.5. The van der Waals surface area contributed by atoms with Crippen LogP contribution in [-0.4, -0.2) is 52.7 Å². The number of sulfone groups is 1. The van der Waals surface area contributed by atoms with Crippen LogP contribution in [0.3, 0.4) is 0 Å². The Morgan fingerprint density at radius 1 is 1.09 bits per heavy atom. The summed E-state index contributed by atoms with van der Waals surface area (Å²) in [7, 11) is -4.03. The molecule has 0 aromatic heterocycles. The molecular weight excluding hydrogens is 504 g/mol. The van der Waals surface area contributed by atoms with Crippen molar-refractivity contribution < 1.29 is 37.3 Å². The number of hydrogen-bond acceptors (Lipinski definition) is 6. The van der Waals surface area contributed by atoms with E-state index in [0.717, 1.165) is 18.2 Å². The summed E-state index contributed by atoms with van der Waals surface area (Å²) in [5.41, 5.74) is -1.62. The second kappa shape index (κ2) is 9.40. The zero-order chi connectivity index (χ0) is 25.7. The van der Waals surface area contributed by atoms with Gasteiger partial charge in [0, 0.05) is 17.3 Å². The first-order valence-corrected chi connectivity index (χ1v) is 13.2. The number of rotatable bonds is 6. The van der Waals surface area contributed by atoms with Crippen LogP contribution in [0.25, 0.3) is 0 Å². The Labute approximate surface area is 206 Å². The van der Waals surface area contributed by atoms with E-state index in [-0.39, 0.29) is 34.0 Å². The van der Waals surface area contributed by atoms with Gasteiger partial charge in [0.15, 0.2) is 21.5 Å². The number of aliphatic hydroxyl groups excluding tert-OH is 2. The van der Waals surface area contributed by atoms with Gasteiger partial charge in [-0.1, -0.05) is 11.6 Å². The predicted molar refractivity (Wildman–Crippen MR) is 125 cm³/mol. The van der Waals surface area contributed by atoms with E-state index in [1.807, 2.05) is 0 Å². The molecule has 2 aromatic carbocycles. The van der Waals surface area contributed by atoms with Gasteiger partial charge in [0.1, 0.15) is 6.10 Å². The van der Waals surface area contributed by atoms with E-state index < -0.39 is 62.3 Å². The lowest BCUT2D eigenvalue weighted by atomic mass is 9.70. The second-order valence-electron chi connectivity index (χ2n) is 9.41. The van der Waals surface area contributed by atoms with Gasteiger partial charge in [-0.3, -0.25) is 4.79 Å². The summed E-state index contributed by atoms with van der Waals surface area (Å²) in [5.74, 6) is -4.00. The third-order valence-corrected chi connectivity index (χ3v) is 9.97. The number of nitrogens with one attached hydrogen (secondary N) is 1. The zero-order valence-electron chi connectivity index (χ0n) is 18.8. The zero-order valence-corrected chi connectivity index (χ0v) is 20.4. The molecule has 35 heavy (non-hydrogen) atoms. The van der Waals surface area contributed by atoms with Crippen molar-refractivity contribution in [1.29, 1.82) is 0 Å². The molecule has 11 heteroatoms. The van der Waals surface area contributed by atoms with Gasteiger partial charge in [0.25, 0.3) is 5.91 Å². The Hall–Kier alpha value is -2.11. The number of anilines is 1. The maximum Gasteiger partial charge on any atom is 0.255 e. The highest BCUT2D eigenvalue weighted by Gasteiger charge is 2.59. The summed E-state index contributed by atoms with van der Waals surface area (Å²) in [6.45, 7) is 1.38. The van der Waals surface area contributed by atoms with Crippen molar-refractivity contribution in [3.8, 4) is 0 Å². The molecule has 0 radical (unpaired) electrons. The predicted octanol–water partition coefficient (Wildman–Crippen LogP) is 3.31. The molecule has 2 fully saturated rings. The molecule has 3 unspecified atom stereocenters. The normalized spacial score (nSPS) is 27.9. The molecule has 2 bridgehead atoms. The number of fused-ring (bicyclic) bond motifs is 2. The summed E-state index contributed by atoms with van der Waals surface area (Å²) in [5, 5.41) is 32.9. The van der Waals surface area contributed by atoms with Crippen molar-refractivity contribution in [2.75, 3.05) is 5.32 Å². The summed E-state index contributed by atoms with van der Waals surface area (Å²) >= 11 is 6.21. The minimum atomic E-state index is -4.03. The molecule has 6 atom stereocenters. The van der Waals surface area contributed by atoms with E-state index >= 15 is 0 Å². The number of hydrogen-bond donors (Lipinski definition) is 4. The Balaban J connectivity index is 1.59. The molecular formula is C24H26ClF2NO6S. The second-order valence-corrected chi connectivity index (χ2v) is 12.0. The van der Waals surface area contributed by atoms with Crippen LogP contribution in [0.5, 0.6) is 0 Å². The van der Waals surface area contributed by atoms with Crippen molar-refractivity contribution in [2.45, 2.75) is 60.6 Å². The molecule has 0 saturated heterocycles. The van der Waals surface area contributed by atoms with E-state index in [2.05, 4.69) is 5.32 Å². The van der Waals surface area contributed by atoms with Gasteiger partial charge in [-0.25, -0.2) is 17.2 Å². The number of halogens is 3. The maximum absolute atomic E-state index is 13.6. The summed E-state index contributed by atoms with van der Waals surface area (Å²) in [4.78, 5) is 12.4. The molecule has 2 aliphatic rings. The van der Waals surface area contributed by atoms with Crippen LogP contribution in [-0.2, 0) is 9.84 Å². The highest BCUT2D eigenvalue weighted by molar-refractivity contribution is 7.92. The van der Waals surface area contributed by atoms with E-state index in [4.69, 9.17) is 11.6 Å². The van der Waals surface area contributed by atoms with E-state index in [0.29, 0.717) is 12.8 Å². The lowest BCUT2D eigenvalue weighted by Gasteiger charge is -2.46. The highest BCUT2D eigenvalue weighted by Crippen LogP contribution is 2.54. The minimum absolute atomic E-state index is 0.00642. The molecule has 1 amide bonds. The molecule has 190 valence electrons. The van der Waals surface area contributed by atoms with Crippen molar-refractivity contribution in [2.24, 2.45) is 11.8 Å². The molecule has 0 heterocycles. The average molecular weight is 530 g/mol. The third kappa shape index (κ3) is 4.58. The Morgan fingerprint density at radius 2 is 1.71 bits per heavy atom. The van der Waals surface area contributed by atoms with Crippen LogP contribution in [0.2, 0.25) is 5.02 Å². The fourth-order valence-electron chi connectivity index (χ4n) is 5.48. The molecule has 4 N–H and O–H groups in total. The molecule has 0 aliphatic heterocycles. The van der Waals surface area contributed by atoms with Crippen LogP contribution < -0.4 is 5.32 Å². The lowest BCUT2D eigenvalue weighted by molar-refractivity contribution is -0.172. The van der Waals surface area contributed by atoms with Crippen molar-refractivity contribution in [3.63, 3.8) is 0 Å². The number of carbonyl (C=O) groups is 1. The monoisotopic (exact) mass is 529 g/mol. The Bertz CT molecular complexity index is 1240. The van der Waals surface area contributed by atoms with Crippen molar-refractivity contribution >= 4 is 33.0 Å². The SMILES string of the molecule is C[C@@H](O)[C@H](O)C1(O)C2CC[C@H]1CC(S(=O)(=O)c1cc(C(=O)Nc3ccc(F)c(F)c3)ccc1Cl)C2. The molecule has 2 saturated carbocycles. The molecule has 7 nitrogen and oxygen atoms in total. The molecule has 4 rings (SSSR count). The van der Waals surface area contributed by atoms with E-state index in [1.165, 1.54) is 25.1 Å². The number of carbonyl (C=O) groups excluding carboxylic acids is 1. The minimum Gasteiger partial charge on any atom is -0.391 e. The van der Waals surface area contributed by atoms with Gasteiger partial charge in [-0.05, 0) is 74.8 Å². The van der Waals surface area contributed by atoms with E-state index in [9.17, 15) is 37.3 Å². The van der Waals surface area contributed by atoms with Crippen molar-refractivity contribution in [3.05, 3.63) is 58.6 Å². The first-order valence-electron chi connectivity index (χ1n) is 11.2. The van der Waals surface area contributed by atoms with Crippen LogP contribution in [0, 0.1) is 23.5 Å². The fraction of sp³-hybridized carbons (Fsp3) is 0.458. The quantitative estimate of drug-likeness (QED) is 0.455. The molecule has 0 spiro atoms. The van der Waals surface area contributed by atoms with Gasteiger partial charge in [-0.15, -0.1) is 0 Å². The number of benzene rings is 2. The van der Waals surface area contributed by atoms with Gasteiger partial charge in [0.2, 0.25) is 0 Å². The lowest BCUT2D eigenvalue weighted by Crippen LogP contribution is -2.58. The van der Waals surface area contributed by atoms with Crippen LogP contribution in [0.15, 0.2) is 41.3 Å². The van der Waals surface area contributed by atoms with Crippen molar-refractivity contribution in [1.82, 2.24) is 0 Å². The maximum atomic E-state index is 13.6.